The Hall–Kier alpha value is -1.44. The number of carbonyl (C=O) groups excluding carboxylic acids is 1. The summed E-state index contributed by atoms with van der Waals surface area (Å²) in [7, 11) is 0. The van der Waals surface area contributed by atoms with Crippen molar-refractivity contribution in [3.8, 4) is 0 Å². The third kappa shape index (κ3) is 3.31. The molecule has 0 saturated heterocycles. The SMILES string of the molecule is CC(=O)SCCC(O)C(O)c1[nH]nc2ncccc12. The van der Waals surface area contributed by atoms with Crippen LogP contribution >= 0.6 is 11.8 Å². The molecule has 2 unspecified atom stereocenters. The molecule has 0 fully saturated rings. The number of aliphatic hydroxyl groups is 2. The molecule has 2 heterocycles. The van der Waals surface area contributed by atoms with Crippen molar-refractivity contribution in [3.63, 3.8) is 0 Å². The largest absolute Gasteiger partial charge is 0.390 e. The van der Waals surface area contributed by atoms with E-state index in [1.807, 2.05) is 0 Å². The van der Waals surface area contributed by atoms with Gasteiger partial charge in [-0.2, -0.15) is 5.10 Å². The van der Waals surface area contributed by atoms with Gasteiger partial charge in [-0.05, 0) is 18.6 Å². The lowest BCUT2D eigenvalue weighted by molar-refractivity contribution is -0.109. The molecule has 2 aromatic heterocycles. The third-order valence-electron chi connectivity index (χ3n) is 2.74. The number of hydrogen-bond acceptors (Lipinski definition) is 6. The molecule has 0 radical (unpaired) electrons. The Morgan fingerprint density at radius 3 is 3.05 bits per heavy atom. The number of fused-ring (bicyclic) bond motifs is 1. The molecule has 2 atom stereocenters. The monoisotopic (exact) mass is 281 g/mol. The van der Waals surface area contributed by atoms with Crippen molar-refractivity contribution in [2.24, 2.45) is 0 Å². The van der Waals surface area contributed by atoms with E-state index in [4.69, 9.17) is 0 Å². The van der Waals surface area contributed by atoms with Crippen molar-refractivity contribution in [3.05, 3.63) is 24.0 Å². The smallest absolute Gasteiger partial charge is 0.185 e. The van der Waals surface area contributed by atoms with Crippen LogP contribution in [0.5, 0.6) is 0 Å². The molecule has 0 saturated carbocycles. The maximum Gasteiger partial charge on any atom is 0.185 e. The average Bonchev–Trinajstić information content (AvgIpc) is 2.81. The number of carbonyl (C=O) groups is 1. The van der Waals surface area contributed by atoms with Gasteiger partial charge in [0.2, 0.25) is 0 Å². The van der Waals surface area contributed by atoms with E-state index in [9.17, 15) is 15.0 Å². The van der Waals surface area contributed by atoms with Gasteiger partial charge in [-0.3, -0.25) is 9.89 Å². The van der Waals surface area contributed by atoms with E-state index in [1.54, 1.807) is 18.3 Å². The summed E-state index contributed by atoms with van der Waals surface area (Å²) >= 11 is 1.13. The van der Waals surface area contributed by atoms with Crippen LogP contribution in [0.2, 0.25) is 0 Å². The number of rotatable bonds is 5. The van der Waals surface area contributed by atoms with Crippen molar-refractivity contribution in [2.75, 3.05) is 5.75 Å². The van der Waals surface area contributed by atoms with E-state index in [0.717, 1.165) is 11.8 Å². The zero-order valence-corrected chi connectivity index (χ0v) is 11.2. The molecular formula is C12H15N3O3S. The standard InChI is InChI=1S/C12H15N3O3S/c1-7(16)19-6-4-9(17)11(18)10-8-3-2-5-13-12(8)15-14-10/h2-3,5,9,11,17-18H,4,6H2,1H3,(H,13,14,15). The molecule has 0 aliphatic rings. The van der Waals surface area contributed by atoms with E-state index in [0.29, 0.717) is 28.9 Å². The van der Waals surface area contributed by atoms with Gasteiger partial charge >= 0.3 is 0 Å². The fraction of sp³-hybridized carbons (Fsp3) is 0.417. The van der Waals surface area contributed by atoms with E-state index in [1.165, 1.54) is 6.92 Å². The number of nitrogens with zero attached hydrogens (tertiary/aromatic N) is 2. The Bertz CT molecular complexity index is 572. The maximum atomic E-state index is 10.8. The summed E-state index contributed by atoms with van der Waals surface area (Å²) in [4.78, 5) is 14.8. The highest BCUT2D eigenvalue weighted by Crippen LogP contribution is 2.24. The van der Waals surface area contributed by atoms with Gasteiger partial charge in [-0.15, -0.1) is 0 Å². The fourth-order valence-corrected chi connectivity index (χ4v) is 2.42. The minimum absolute atomic E-state index is 0.00196. The third-order valence-corrected chi connectivity index (χ3v) is 3.58. The molecule has 0 amide bonds. The van der Waals surface area contributed by atoms with Gasteiger partial charge in [0.15, 0.2) is 10.8 Å². The average molecular weight is 281 g/mol. The highest BCUT2D eigenvalue weighted by Gasteiger charge is 2.22. The zero-order valence-electron chi connectivity index (χ0n) is 10.4. The lowest BCUT2D eigenvalue weighted by Crippen LogP contribution is -2.19. The Morgan fingerprint density at radius 2 is 2.32 bits per heavy atom. The van der Waals surface area contributed by atoms with Gasteiger partial charge in [0.05, 0.1) is 11.8 Å². The highest BCUT2D eigenvalue weighted by atomic mass is 32.2. The van der Waals surface area contributed by atoms with Crippen molar-refractivity contribution >= 4 is 27.9 Å². The van der Waals surface area contributed by atoms with Crippen LogP contribution in [0.15, 0.2) is 18.3 Å². The van der Waals surface area contributed by atoms with Crippen LogP contribution in [0.25, 0.3) is 11.0 Å². The van der Waals surface area contributed by atoms with E-state index in [-0.39, 0.29) is 5.12 Å². The van der Waals surface area contributed by atoms with Gasteiger partial charge < -0.3 is 10.2 Å². The lowest BCUT2D eigenvalue weighted by Gasteiger charge is -2.16. The van der Waals surface area contributed by atoms with Crippen molar-refractivity contribution in [1.29, 1.82) is 0 Å². The summed E-state index contributed by atoms with van der Waals surface area (Å²) in [6.07, 6.45) is -0.0803. The summed E-state index contributed by atoms with van der Waals surface area (Å²) in [6.45, 7) is 1.47. The van der Waals surface area contributed by atoms with Crippen LogP contribution in [0.1, 0.15) is 25.1 Å². The van der Waals surface area contributed by atoms with Gasteiger partial charge in [0.25, 0.3) is 0 Å². The molecule has 102 valence electrons. The summed E-state index contributed by atoms with van der Waals surface area (Å²) in [5, 5.41) is 27.4. The molecular weight excluding hydrogens is 266 g/mol. The summed E-state index contributed by atoms with van der Waals surface area (Å²) in [6, 6.07) is 3.52. The number of aliphatic hydroxyl groups excluding tert-OH is 2. The van der Waals surface area contributed by atoms with E-state index in [2.05, 4.69) is 15.2 Å². The first kappa shape index (κ1) is 14.0. The molecule has 0 aliphatic carbocycles. The lowest BCUT2D eigenvalue weighted by atomic mass is 10.1. The summed E-state index contributed by atoms with van der Waals surface area (Å²) in [5.41, 5.74) is 0.949. The molecule has 0 aliphatic heterocycles. The number of hydrogen-bond donors (Lipinski definition) is 3. The first-order valence-electron chi connectivity index (χ1n) is 5.88. The highest BCUT2D eigenvalue weighted by molar-refractivity contribution is 8.13. The molecule has 2 rings (SSSR count). The number of nitrogens with one attached hydrogen (secondary N) is 1. The fourth-order valence-electron chi connectivity index (χ4n) is 1.77. The number of aromatic nitrogens is 3. The quantitative estimate of drug-likeness (QED) is 0.757. The van der Waals surface area contributed by atoms with Crippen LogP contribution in [0.3, 0.4) is 0 Å². The topological polar surface area (TPSA) is 99.1 Å². The van der Waals surface area contributed by atoms with E-state index >= 15 is 0 Å². The predicted octanol–water partition coefficient (Wildman–Crippen LogP) is 1.02. The van der Waals surface area contributed by atoms with Crippen LogP contribution < -0.4 is 0 Å². The second-order valence-corrected chi connectivity index (χ2v) is 5.42. The second kappa shape index (κ2) is 6.14. The summed E-state index contributed by atoms with van der Waals surface area (Å²) < 4.78 is 0. The molecule has 6 nitrogen and oxygen atoms in total. The van der Waals surface area contributed by atoms with E-state index < -0.39 is 12.2 Å². The van der Waals surface area contributed by atoms with Crippen molar-refractivity contribution < 1.29 is 15.0 Å². The van der Waals surface area contributed by atoms with Gasteiger partial charge in [0, 0.05) is 24.3 Å². The molecule has 2 aromatic rings. The Kier molecular flexibility index (Phi) is 4.52. The zero-order chi connectivity index (χ0) is 13.8. The van der Waals surface area contributed by atoms with Gasteiger partial charge in [-0.1, -0.05) is 11.8 Å². The predicted molar refractivity (Wildman–Crippen MR) is 72.6 cm³/mol. The Balaban J connectivity index is 2.06. The van der Waals surface area contributed by atoms with Gasteiger partial charge in [0.1, 0.15) is 6.10 Å². The summed E-state index contributed by atoms with van der Waals surface area (Å²) in [5.74, 6) is 0.470. The molecule has 19 heavy (non-hydrogen) atoms. The Morgan fingerprint density at radius 1 is 1.53 bits per heavy atom. The van der Waals surface area contributed by atoms with Gasteiger partial charge in [-0.25, -0.2) is 4.98 Å². The normalized spacial score (nSPS) is 14.5. The molecule has 7 heteroatoms. The molecule has 0 bridgehead atoms. The molecule has 0 aromatic carbocycles. The minimum atomic E-state index is -1.07. The van der Waals surface area contributed by atoms with Crippen molar-refractivity contribution in [2.45, 2.75) is 25.6 Å². The number of H-pyrrole nitrogens is 1. The van der Waals surface area contributed by atoms with Crippen LogP contribution in [-0.2, 0) is 4.79 Å². The number of aromatic amines is 1. The first-order chi connectivity index (χ1) is 9.09. The minimum Gasteiger partial charge on any atom is -0.390 e. The van der Waals surface area contributed by atoms with Crippen LogP contribution in [0.4, 0.5) is 0 Å². The van der Waals surface area contributed by atoms with Crippen LogP contribution in [-0.4, -0.2) is 42.4 Å². The Labute approximate surface area is 114 Å². The number of pyridine rings is 1. The van der Waals surface area contributed by atoms with Crippen molar-refractivity contribution in [1.82, 2.24) is 15.2 Å². The number of thioether (sulfide) groups is 1. The molecule has 0 spiro atoms. The van der Waals surface area contributed by atoms with Crippen LogP contribution in [0, 0.1) is 0 Å². The maximum absolute atomic E-state index is 10.8. The first-order valence-corrected chi connectivity index (χ1v) is 6.86. The molecule has 3 N–H and O–H groups in total. The second-order valence-electron chi connectivity index (χ2n) is 4.15.